The molecule has 30 rings (SSSR count). The van der Waals surface area contributed by atoms with Crippen molar-refractivity contribution in [3.05, 3.63) is 491 Å². The zero-order valence-electron chi connectivity index (χ0n) is 77.9. The van der Waals surface area contributed by atoms with Crippen LogP contribution in [0.15, 0.2) is 496 Å². The van der Waals surface area contributed by atoms with E-state index >= 15 is 0 Å². The Kier molecular flexibility index (Phi) is 19.8. The minimum atomic E-state index is 0.546. The van der Waals surface area contributed by atoms with Crippen LogP contribution in [0.25, 0.3) is 267 Å². The van der Waals surface area contributed by atoms with Crippen LogP contribution in [-0.4, -0.2) is 72.3 Å². The van der Waals surface area contributed by atoms with Crippen LogP contribution in [0.1, 0.15) is 0 Å². The third-order valence-corrected chi connectivity index (χ3v) is 28.0. The summed E-state index contributed by atoms with van der Waals surface area (Å²) in [5, 5.41) is 16.3. The second-order valence-electron chi connectivity index (χ2n) is 36.2. The summed E-state index contributed by atoms with van der Waals surface area (Å²) in [5.74, 6) is 5.40. The number of benzene rings is 20. The highest BCUT2D eigenvalue weighted by Crippen LogP contribution is 2.48. The molecule has 0 bridgehead atoms. The average Bonchev–Trinajstić information content (AvgIpc) is 1.55. The Bertz CT molecular complexity index is 10300. The number of rotatable bonds is 13. The largest absolute Gasteiger partial charge is 0.455 e. The minimum absolute atomic E-state index is 0.546. The van der Waals surface area contributed by atoms with Crippen molar-refractivity contribution in [2.24, 2.45) is 0 Å². The first-order chi connectivity index (χ1) is 72.0. The Morgan fingerprint density at radius 3 is 0.662 bits per heavy atom. The summed E-state index contributed by atoms with van der Waals surface area (Å²) in [5.41, 5.74) is 26.0. The number of para-hydroxylation sites is 11. The van der Waals surface area contributed by atoms with Gasteiger partial charge in [0.05, 0.1) is 71.8 Å². The standard InChI is InChI=1S/C45H27N5O.C45H29N5.C39H25N5/c1-3-14-28(15-4-1)43-46-44(34-22-13-21-31-30-18-9-12-25-39(30)51-42(31)34)48-45(47-43)50-36-24-11-8-20-33(36)41-38(50)27-26-37-40(41)32-19-7-10-23-35(32)49(37)29-16-5-2-6-17-29;1-4-14-30(15-5-1)31-24-26-33(27-25-31)44-46-43(32-16-6-2-7-17-32)47-45(48-44)50-38-23-13-11-21-36(38)42-40(50)29-28-39-41(42)35-20-10-12-22-37(35)49(39)34-18-8-3-9-19-34;1-4-14-26(15-5-1)37-40-38(27-16-6-2-7-17-27)42-39(41-37)44-32-23-13-11-21-30(32)36-34(44)25-24-33-35(36)29-20-10-12-22-31(29)43(33)28-18-8-3-9-19-28/h1-27H;1-29H;1-25H. The fraction of sp³-hybridized carbons (Fsp3) is 0. The van der Waals surface area contributed by atoms with Gasteiger partial charge in [0.1, 0.15) is 11.2 Å². The van der Waals surface area contributed by atoms with Crippen molar-refractivity contribution in [1.29, 1.82) is 0 Å². The highest BCUT2D eigenvalue weighted by molar-refractivity contribution is 6.32. The highest BCUT2D eigenvalue weighted by Gasteiger charge is 2.29. The van der Waals surface area contributed by atoms with Gasteiger partial charge in [-0.05, 0) is 132 Å². The van der Waals surface area contributed by atoms with Crippen molar-refractivity contribution in [1.82, 2.24) is 72.3 Å². The molecule has 145 heavy (non-hydrogen) atoms. The summed E-state index contributed by atoms with van der Waals surface area (Å²) in [7, 11) is 0. The molecule has 0 saturated carbocycles. The van der Waals surface area contributed by atoms with Crippen LogP contribution in [0, 0.1) is 0 Å². The summed E-state index contributed by atoms with van der Waals surface area (Å²) in [6.07, 6.45) is 0. The summed E-state index contributed by atoms with van der Waals surface area (Å²) in [4.78, 5) is 46.1. The monoisotopic (exact) mass is 1860 g/mol. The molecule has 678 valence electrons. The average molecular weight is 1860 g/mol. The lowest BCUT2D eigenvalue weighted by Crippen LogP contribution is -2.06. The van der Waals surface area contributed by atoms with E-state index in [-0.39, 0.29) is 0 Å². The SMILES string of the molecule is c1ccc(-c2ccc(-c3nc(-c4ccccc4)nc(-n4c5ccccc5c5c6c7ccccc7n(-c7ccccc7)c6ccc54)n3)cc2)cc1.c1ccc(-c2nc(-c3cccc4c3oc3ccccc34)nc(-n3c4ccccc4c4c5c6ccccc6n(-c6ccccc6)c5ccc43)n2)cc1.c1ccc(-c2nc(-c3ccccc3)nc(-n3c4ccccc4c4c5c6ccccc6n(-c6ccccc6)c5ccc43)n2)cc1. The van der Waals surface area contributed by atoms with Gasteiger partial charge in [-0.3, -0.25) is 13.7 Å². The number of fused-ring (bicyclic) bond motifs is 24. The number of hydrogen-bond donors (Lipinski definition) is 0. The highest BCUT2D eigenvalue weighted by atomic mass is 16.3. The molecular formula is C129H81N15O. The van der Waals surface area contributed by atoms with Crippen LogP contribution >= 0.6 is 0 Å². The first-order valence-electron chi connectivity index (χ1n) is 48.6. The molecule has 0 saturated heterocycles. The first kappa shape index (κ1) is 83.2. The van der Waals surface area contributed by atoms with Crippen molar-refractivity contribution >= 4 is 153 Å². The van der Waals surface area contributed by atoms with Gasteiger partial charge in [0.2, 0.25) is 17.8 Å². The maximum Gasteiger partial charge on any atom is 0.238 e. The molecule has 0 aliphatic heterocycles. The third kappa shape index (κ3) is 13.9. The second kappa shape index (κ2) is 34.6. The van der Waals surface area contributed by atoms with Gasteiger partial charge in [0.15, 0.2) is 34.9 Å². The van der Waals surface area contributed by atoms with E-state index in [0.29, 0.717) is 52.8 Å². The molecule has 0 aliphatic rings. The van der Waals surface area contributed by atoms with Crippen LogP contribution in [0.5, 0.6) is 0 Å². The lowest BCUT2D eigenvalue weighted by Gasteiger charge is -2.11. The molecule has 16 heteroatoms. The number of aromatic nitrogens is 15. The van der Waals surface area contributed by atoms with Crippen molar-refractivity contribution in [2.45, 2.75) is 0 Å². The van der Waals surface area contributed by atoms with Crippen molar-refractivity contribution in [3.8, 4) is 114 Å². The van der Waals surface area contributed by atoms with Gasteiger partial charge in [0, 0.05) is 120 Å². The molecule has 30 aromatic rings. The zero-order valence-corrected chi connectivity index (χ0v) is 77.9. The van der Waals surface area contributed by atoms with Crippen molar-refractivity contribution < 1.29 is 4.42 Å². The van der Waals surface area contributed by atoms with Gasteiger partial charge in [-0.15, -0.1) is 0 Å². The minimum Gasteiger partial charge on any atom is -0.455 e. The van der Waals surface area contributed by atoms with Crippen LogP contribution in [0.3, 0.4) is 0 Å². The van der Waals surface area contributed by atoms with E-state index in [0.717, 1.165) is 149 Å². The molecule has 0 fully saturated rings. The molecule has 0 atom stereocenters. The van der Waals surface area contributed by atoms with E-state index in [2.05, 4.69) is 373 Å². The van der Waals surface area contributed by atoms with E-state index in [1.54, 1.807) is 0 Å². The van der Waals surface area contributed by atoms with E-state index in [4.69, 9.17) is 49.3 Å². The van der Waals surface area contributed by atoms with Crippen molar-refractivity contribution in [3.63, 3.8) is 0 Å². The van der Waals surface area contributed by atoms with E-state index in [9.17, 15) is 0 Å². The summed E-state index contributed by atoms with van der Waals surface area (Å²) >= 11 is 0. The van der Waals surface area contributed by atoms with E-state index in [1.807, 2.05) is 146 Å². The van der Waals surface area contributed by atoms with Gasteiger partial charge in [-0.1, -0.05) is 370 Å². The first-order valence-corrected chi connectivity index (χ1v) is 48.6. The molecule has 0 amide bonds. The molecule has 0 radical (unpaired) electrons. The zero-order chi connectivity index (χ0) is 95.5. The Labute approximate surface area is 829 Å². The molecule has 20 aromatic carbocycles. The van der Waals surface area contributed by atoms with E-state index < -0.39 is 0 Å². The van der Waals surface area contributed by atoms with Crippen molar-refractivity contribution in [2.75, 3.05) is 0 Å². The fourth-order valence-corrected chi connectivity index (χ4v) is 21.6. The topological polar surface area (TPSA) is 159 Å². The number of furan rings is 1. The molecule has 16 nitrogen and oxygen atoms in total. The van der Waals surface area contributed by atoms with Gasteiger partial charge in [-0.2, -0.15) is 29.9 Å². The van der Waals surface area contributed by atoms with Crippen LogP contribution in [0.4, 0.5) is 0 Å². The molecule has 0 unspecified atom stereocenters. The molecule has 10 heterocycles. The smallest absolute Gasteiger partial charge is 0.238 e. The van der Waals surface area contributed by atoms with E-state index in [1.165, 1.54) is 65.2 Å². The molecule has 0 aliphatic carbocycles. The molecule has 10 aromatic heterocycles. The van der Waals surface area contributed by atoms with Crippen LogP contribution in [0.2, 0.25) is 0 Å². The maximum atomic E-state index is 6.47. The quantitative estimate of drug-likeness (QED) is 0.109. The van der Waals surface area contributed by atoms with Gasteiger partial charge in [-0.25, -0.2) is 15.0 Å². The molecular weight excluding hydrogens is 1780 g/mol. The van der Waals surface area contributed by atoms with Crippen LogP contribution < -0.4 is 0 Å². The van der Waals surface area contributed by atoms with Gasteiger partial charge in [0.25, 0.3) is 0 Å². The Balaban J connectivity index is 0.000000106. The summed E-state index contributed by atoms with van der Waals surface area (Å²) in [6.45, 7) is 0. The normalized spacial score (nSPS) is 11.7. The molecule has 0 spiro atoms. The summed E-state index contributed by atoms with van der Waals surface area (Å²) in [6, 6.07) is 171. The lowest BCUT2D eigenvalue weighted by molar-refractivity contribution is 0.669. The second-order valence-corrected chi connectivity index (χ2v) is 36.2. The van der Waals surface area contributed by atoms with Gasteiger partial charge < -0.3 is 18.1 Å². The van der Waals surface area contributed by atoms with Gasteiger partial charge >= 0.3 is 0 Å². The fourth-order valence-electron chi connectivity index (χ4n) is 21.6. The predicted molar refractivity (Wildman–Crippen MR) is 591 cm³/mol. The molecule has 0 N–H and O–H groups in total. The lowest BCUT2D eigenvalue weighted by atomic mass is 10.0. The maximum absolute atomic E-state index is 6.47. The Hall–Kier alpha value is -20.0. The predicted octanol–water partition coefficient (Wildman–Crippen LogP) is 31.8. The number of hydrogen-bond acceptors (Lipinski definition) is 10. The van der Waals surface area contributed by atoms with Crippen LogP contribution in [-0.2, 0) is 0 Å². The summed E-state index contributed by atoms with van der Waals surface area (Å²) < 4.78 is 20.1. The Morgan fingerprint density at radius 2 is 0.352 bits per heavy atom. The third-order valence-electron chi connectivity index (χ3n) is 28.0. The Morgan fingerprint density at radius 1 is 0.138 bits per heavy atom. The number of nitrogens with zero attached hydrogens (tertiary/aromatic N) is 15.